The Morgan fingerprint density at radius 3 is 2.62 bits per heavy atom. The molecular weight excluding hydrogens is 288 g/mol. The van der Waals surface area contributed by atoms with E-state index in [0.717, 1.165) is 23.2 Å². The van der Waals surface area contributed by atoms with Crippen LogP contribution in [0.4, 0.5) is 5.69 Å². The monoisotopic (exact) mass is 298 g/mol. The third-order valence-electron chi connectivity index (χ3n) is 2.55. The van der Waals surface area contributed by atoms with Crippen molar-refractivity contribution in [1.82, 2.24) is 0 Å². The molecule has 0 aromatic heterocycles. The third kappa shape index (κ3) is 2.63. The van der Waals surface area contributed by atoms with Gasteiger partial charge in [-0.2, -0.15) is 5.26 Å². The van der Waals surface area contributed by atoms with Crippen LogP contribution in [0.1, 0.15) is 5.56 Å². The van der Waals surface area contributed by atoms with Gasteiger partial charge in [0.25, 0.3) is 0 Å². The zero-order chi connectivity index (χ0) is 11.5. The number of hydrogen-bond donors (Lipinski definition) is 0. The summed E-state index contributed by atoms with van der Waals surface area (Å²) in [5.74, 6) is 1.43. The smallest absolute Gasteiger partial charge is 0.0992 e. The van der Waals surface area contributed by atoms with E-state index in [-0.39, 0.29) is 0 Å². The summed E-state index contributed by atoms with van der Waals surface area (Å²) in [5.41, 5.74) is 1.68. The summed E-state index contributed by atoms with van der Waals surface area (Å²) in [5, 5.41) is 8.89. The molecule has 0 aliphatic carbocycles. The Morgan fingerprint density at radius 1 is 1.31 bits per heavy atom. The second-order valence-electron chi connectivity index (χ2n) is 3.65. The molecule has 1 saturated heterocycles. The van der Waals surface area contributed by atoms with Crippen LogP contribution in [-0.4, -0.2) is 28.8 Å². The van der Waals surface area contributed by atoms with E-state index in [1.54, 1.807) is 6.07 Å². The van der Waals surface area contributed by atoms with Crippen LogP contribution in [0.2, 0.25) is 0 Å². The number of nitrogens with zero attached hydrogens (tertiary/aromatic N) is 2. The minimum atomic E-state index is -0.666. The van der Waals surface area contributed by atoms with Crippen LogP contribution in [0.15, 0.2) is 22.7 Å². The highest BCUT2D eigenvalue weighted by atomic mass is 79.9. The Balaban J connectivity index is 2.24. The van der Waals surface area contributed by atoms with Gasteiger partial charge in [0, 0.05) is 45.6 Å². The molecule has 0 radical (unpaired) electrons. The molecular formula is C11H11BrN2OS. The molecule has 16 heavy (non-hydrogen) atoms. The van der Waals surface area contributed by atoms with Gasteiger partial charge in [-0.3, -0.25) is 4.21 Å². The molecule has 2 rings (SSSR count). The van der Waals surface area contributed by atoms with Crippen LogP contribution in [-0.2, 0) is 10.8 Å². The molecule has 1 aliphatic heterocycles. The van der Waals surface area contributed by atoms with Crippen molar-refractivity contribution in [1.29, 1.82) is 5.26 Å². The highest BCUT2D eigenvalue weighted by Gasteiger charge is 2.16. The van der Waals surface area contributed by atoms with Gasteiger partial charge in [-0.15, -0.1) is 0 Å². The molecule has 0 unspecified atom stereocenters. The predicted octanol–water partition coefficient (Wildman–Crippen LogP) is 1.89. The molecule has 0 atom stereocenters. The van der Waals surface area contributed by atoms with Gasteiger partial charge in [-0.05, 0) is 18.2 Å². The Morgan fingerprint density at radius 2 is 2.00 bits per heavy atom. The van der Waals surface area contributed by atoms with Crippen molar-refractivity contribution in [3.63, 3.8) is 0 Å². The summed E-state index contributed by atoms with van der Waals surface area (Å²) >= 11 is 3.39. The maximum absolute atomic E-state index is 11.3. The molecule has 3 nitrogen and oxygen atoms in total. The lowest BCUT2D eigenvalue weighted by Gasteiger charge is -2.28. The maximum atomic E-state index is 11.3. The van der Waals surface area contributed by atoms with Crippen molar-refractivity contribution in [2.45, 2.75) is 0 Å². The minimum absolute atomic E-state index is 0.649. The van der Waals surface area contributed by atoms with Crippen molar-refractivity contribution < 1.29 is 4.21 Å². The molecule has 1 aromatic rings. The van der Waals surface area contributed by atoms with E-state index in [0.29, 0.717) is 17.1 Å². The van der Waals surface area contributed by atoms with E-state index in [1.165, 1.54) is 0 Å². The van der Waals surface area contributed by atoms with E-state index in [9.17, 15) is 4.21 Å². The lowest BCUT2D eigenvalue weighted by atomic mass is 10.2. The van der Waals surface area contributed by atoms with Crippen LogP contribution < -0.4 is 4.90 Å². The molecule has 1 fully saturated rings. The summed E-state index contributed by atoms with van der Waals surface area (Å²) < 4.78 is 12.2. The van der Waals surface area contributed by atoms with Crippen molar-refractivity contribution in [2.24, 2.45) is 0 Å². The summed E-state index contributed by atoms with van der Waals surface area (Å²) in [6.07, 6.45) is 0. The second-order valence-corrected chi connectivity index (χ2v) is 6.26. The Kier molecular flexibility index (Phi) is 3.62. The van der Waals surface area contributed by atoms with Crippen molar-refractivity contribution in [3.8, 4) is 6.07 Å². The summed E-state index contributed by atoms with van der Waals surface area (Å²) in [7, 11) is -0.666. The van der Waals surface area contributed by atoms with Gasteiger partial charge in [-0.1, -0.05) is 15.9 Å². The second kappa shape index (κ2) is 4.98. The predicted molar refractivity (Wildman–Crippen MR) is 68.9 cm³/mol. The van der Waals surface area contributed by atoms with E-state index < -0.39 is 10.8 Å². The van der Waals surface area contributed by atoms with Gasteiger partial charge in [-0.25, -0.2) is 0 Å². The van der Waals surface area contributed by atoms with Crippen LogP contribution in [0.25, 0.3) is 0 Å². The molecule has 1 aromatic carbocycles. The average molecular weight is 299 g/mol. The molecule has 0 N–H and O–H groups in total. The topological polar surface area (TPSA) is 44.1 Å². The number of hydrogen-bond acceptors (Lipinski definition) is 3. The van der Waals surface area contributed by atoms with Gasteiger partial charge in [0.2, 0.25) is 0 Å². The van der Waals surface area contributed by atoms with Crippen LogP contribution in [0, 0.1) is 11.3 Å². The van der Waals surface area contributed by atoms with E-state index in [4.69, 9.17) is 5.26 Å². The van der Waals surface area contributed by atoms with Gasteiger partial charge in [0.05, 0.1) is 11.6 Å². The molecule has 84 valence electrons. The fourth-order valence-electron chi connectivity index (χ4n) is 1.72. The lowest BCUT2D eigenvalue weighted by Crippen LogP contribution is -2.37. The third-order valence-corrected chi connectivity index (χ3v) is 4.29. The summed E-state index contributed by atoms with van der Waals surface area (Å²) in [4.78, 5) is 2.17. The van der Waals surface area contributed by atoms with Gasteiger partial charge in [0.1, 0.15) is 0 Å². The number of nitriles is 1. The largest absolute Gasteiger partial charge is 0.370 e. The standard InChI is InChI=1S/C11H11BrN2OS/c12-10-5-9(8-13)6-11(7-10)14-1-3-16(15)4-2-14/h5-7H,1-4H2. The highest BCUT2D eigenvalue weighted by Crippen LogP contribution is 2.23. The first kappa shape index (κ1) is 11.6. The molecule has 0 saturated carbocycles. The van der Waals surface area contributed by atoms with E-state index in [1.807, 2.05) is 12.1 Å². The number of rotatable bonds is 1. The first-order valence-corrected chi connectivity index (χ1v) is 7.28. The average Bonchev–Trinajstić information content (AvgIpc) is 2.29. The zero-order valence-corrected chi connectivity index (χ0v) is 11.1. The van der Waals surface area contributed by atoms with Crippen LogP contribution >= 0.6 is 15.9 Å². The van der Waals surface area contributed by atoms with E-state index in [2.05, 4.69) is 26.9 Å². The number of anilines is 1. The molecule has 1 heterocycles. The Labute approximate surface area is 106 Å². The molecule has 5 heteroatoms. The molecule has 0 amide bonds. The highest BCUT2D eigenvalue weighted by molar-refractivity contribution is 9.10. The van der Waals surface area contributed by atoms with Crippen molar-refractivity contribution in [2.75, 3.05) is 29.5 Å². The minimum Gasteiger partial charge on any atom is -0.370 e. The first-order valence-electron chi connectivity index (χ1n) is 4.99. The van der Waals surface area contributed by atoms with Gasteiger partial charge < -0.3 is 4.90 Å². The molecule has 1 aliphatic rings. The zero-order valence-electron chi connectivity index (χ0n) is 8.65. The summed E-state index contributed by atoms with van der Waals surface area (Å²) in [6, 6.07) is 7.81. The lowest BCUT2D eigenvalue weighted by molar-refractivity contribution is 0.673. The van der Waals surface area contributed by atoms with Crippen LogP contribution in [0.3, 0.4) is 0 Å². The van der Waals surface area contributed by atoms with E-state index >= 15 is 0 Å². The number of benzene rings is 1. The van der Waals surface area contributed by atoms with Crippen LogP contribution in [0.5, 0.6) is 0 Å². The van der Waals surface area contributed by atoms with Crippen molar-refractivity contribution in [3.05, 3.63) is 28.2 Å². The summed E-state index contributed by atoms with van der Waals surface area (Å²) in [6.45, 7) is 1.60. The maximum Gasteiger partial charge on any atom is 0.0992 e. The van der Waals surface area contributed by atoms with Gasteiger partial charge in [0.15, 0.2) is 0 Å². The fourth-order valence-corrected chi connectivity index (χ4v) is 3.25. The normalized spacial score (nSPS) is 17.1. The Hall–Kier alpha value is -0.860. The quantitative estimate of drug-likeness (QED) is 0.795. The molecule has 0 spiro atoms. The number of halogens is 1. The first-order chi connectivity index (χ1) is 7.69. The Bertz CT molecular complexity index is 460. The fraction of sp³-hybridized carbons (Fsp3) is 0.364. The SMILES string of the molecule is N#Cc1cc(Br)cc(N2CCS(=O)CC2)c1. The van der Waals surface area contributed by atoms with Gasteiger partial charge >= 0.3 is 0 Å². The molecule has 0 bridgehead atoms. The van der Waals surface area contributed by atoms with Crippen molar-refractivity contribution >= 4 is 32.4 Å².